The van der Waals surface area contributed by atoms with Gasteiger partial charge in [-0.3, -0.25) is 4.79 Å². The van der Waals surface area contributed by atoms with Crippen molar-refractivity contribution < 1.29 is 22.7 Å². The average Bonchev–Trinajstić information content (AvgIpc) is 3.03. The van der Waals surface area contributed by atoms with Gasteiger partial charge in [0.15, 0.2) is 0 Å². The van der Waals surface area contributed by atoms with E-state index in [1.54, 1.807) is 4.90 Å². The molecule has 2 atom stereocenters. The topological polar surface area (TPSA) is 29.5 Å². The Morgan fingerprint density at radius 2 is 2.04 bits per heavy atom. The first-order chi connectivity index (χ1) is 11.3. The lowest BCUT2D eigenvalue weighted by Crippen LogP contribution is -2.26. The van der Waals surface area contributed by atoms with E-state index >= 15 is 0 Å². The fourth-order valence-corrected chi connectivity index (χ4v) is 2.72. The molecule has 1 amide bonds. The molecule has 1 aliphatic rings. The molecule has 1 fully saturated rings. The highest BCUT2D eigenvalue weighted by Crippen LogP contribution is 2.30. The summed E-state index contributed by atoms with van der Waals surface area (Å²) in [6.45, 7) is 4.77. The molecule has 0 spiro atoms. The SMILES string of the molecule is C=CC(=O)N1CCC(/C=C\C(OC)c2ccc(C(F)(F)F)cc2)C1. The predicted molar refractivity (Wildman–Crippen MR) is 85.2 cm³/mol. The number of halogens is 3. The maximum Gasteiger partial charge on any atom is 0.416 e. The van der Waals surface area contributed by atoms with Gasteiger partial charge < -0.3 is 9.64 Å². The van der Waals surface area contributed by atoms with Crippen LogP contribution in [0.1, 0.15) is 23.7 Å². The van der Waals surface area contributed by atoms with Crippen molar-refractivity contribution >= 4 is 5.91 Å². The highest BCUT2D eigenvalue weighted by Gasteiger charge is 2.30. The number of carbonyl (C=O) groups excluding carboxylic acids is 1. The Balaban J connectivity index is 2.02. The highest BCUT2D eigenvalue weighted by atomic mass is 19.4. The van der Waals surface area contributed by atoms with Gasteiger partial charge in [0.1, 0.15) is 6.10 Å². The molecule has 0 aromatic heterocycles. The van der Waals surface area contributed by atoms with Crippen LogP contribution in [0.3, 0.4) is 0 Å². The first-order valence-electron chi connectivity index (χ1n) is 7.64. The first-order valence-corrected chi connectivity index (χ1v) is 7.64. The maximum atomic E-state index is 12.6. The van der Waals surface area contributed by atoms with Gasteiger partial charge in [-0.1, -0.05) is 30.9 Å². The molecule has 24 heavy (non-hydrogen) atoms. The predicted octanol–water partition coefficient (Wildman–Crippen LogP) is 3.98. The van der Waals surface area contributed by atoms with Crippen LogP contribution in [-0.4, -0.2) is 31.0 Å². The summed E-state index contributed by atoms with van der Waals surface area (Å²) in [6, 6.07) is 4.94. The smallest absolute Gasteiger partial charge is 0.373 e. The number of benzene rings is 1. The fraction of sp³-hybridized carbons (Fsp3) is 0.389. The summed E-state index contributed by atoms with van der Waals surface area (Å²) in [7, 11) is 1.51. The molecule has 0 bridgehead atoms. The summed E-state index contributed by atoms with van der Waals surface area (Å²) >= 11 is 0. The Morgan fingerprint density at radius 3 is 2.58 bits per heavy atom. The normalized spacial score (nSPS) is 19.7. The van der Waals surface area contributed by atoms with Gasteiger partial charge in [0.2, 0.25) is 5.91 Å². The number of methoxy groups -OCH3 is 1. The van der Waals surface area contributed by atoms with Crippen LogP contribution in [0.25, 0.3) is 0 Å². The Hall–Kier alpha value is -2.08. The average molecular weight is 339 g/mol. The lowest BCUT2D eigenvalue weighted by molar-refractivity contribution is -0.137. The third-order valence-corrected chi connectivity index (χ3v) is 4.09. The van der Waals surface area contributed by atoms with E-state index in [1.807, 2.05) is 12.2 Å². The molecule has 1 aliphatic heterocycles. The molecule has 2 unspecified atom stereocenters. The number of rotatable bonds is 5. The molecule has 0 saturated carbocycles. The summed E-state index contributed by atoms with van der Waals surface area (Å²) in [4.78, 5) is 13.3. The number of hydrogen-bond donors (Lipinski definition) is 0. The monoisotopic (exact) mass is 339 g/mol. The minimum absolute atomic E-state index is 0.0862. The summed E-state index contributed by atoms with van der Waals surface area (Å²) in [5.74, 6) is 0.123. The zero-order valence-electron chi connectivity index (χ0n) is 13.4. The summed E-state index contributed by atoms with van der Waals surface area (Å²) in [5, 5.41) is 0. The first kappa shape index (κ1) is 18.3. The molecule has 0 radical (unpaired) electrons. The molecule has 2 rings (SSSR count). The van der Waals surface area contributed by atoms with Gasteiger partial charge in [0, 0.05) is 20.2 Å². The molecule has 3 nitrogen and oxygen atoms in total. The maximum absolute atomic E-state index is 12.6. The second-order valence-corrected chi connectivity index (χ2v) is 5.70. The molecule has 0 N–H and O–H groups in total. The molecule has 1 saturated heterocycles. The zero-order valence-corrected chi connectivity index (χ0v) is 13.4. The van der Waals surface area contributed by atoms with E-state index in [0.717, 1.165) is 18.6 Å². The second kappa shape index (κ2) is 7.66. The van der Waals surface area contributed by atoms with E-state index in [1.165, 1.54) is 25.3 Å². The third kappa shape index (κ3) is 4.47. The van der Waals surface area contributed by atoms with Crippen molar-refractivity contribution in [1.29, 1.82) is 0 Å². The molecule has 1 aromatic carbocycles. The van der Waals surface area contributed by atoms with Crippen molar-refractivity contribution in [3.63, 3.8) is 0 Å². The van der Waals surface area contributed by atoms with Gasteiger partial charge in [-0.15, -0.1) is 0 Å². The number of nitrogens with zero attached hydrogens (tertiary/aromatic N) is 1. The summed E-state index contributed by atoms with van der Waals surface area (Å²) in [6.07, 6.45) is 1.17. The van der Waals surface area contributed by atoms with E-state index in [-0.39, 0.29) is 11.8 Å². The number of hydrogen-bond acceptors (Lipinski definition) is 2. The zero-order chi connectivity index (χ0) is 17.7. The van der Waals surface area contributed by atoms with E-state index < -0.39 is 17.8 Å². The Kier molecular flexibility index (Phi) is 5.83. The molecule has 130 valence electrons. The van der Waals surface area contributed by atoms with Crippen LogP contribution < -0.4 is 0 Å². The van der Waals surface area contributed by atoms with E-state index in [2.05, 4.69) is 6.58 Å². The van der Waals surface area contributed by atoms with Crippen LogP contribution in [0.5, 0.6) is 0 Å². The van der Waals surface area contributed by atoms with Gasteiger partial charge in [-0.2, -0.15) is 13.2 Å². The summed E-state index contributed by atoms with van der Waals surface area (Å²) < 4.78 is 43.2. The highest BCUT2D eigenvalue weighted by molar-refractivity contribution is 5.87. The van der Waals surface area contributed by atoms with Crippen LogP contribution in [-0.2, 0) is 15.7 Å². The third-order valence-electron chi connectivity index (χ3n) is 4.09. The van der Waals surface area contributed by atoms with Gasteiger partial charge in [0.05, 0.1) is 5.56 Å². The van der Waals surface area contributed by atoms with Gasteiger partial charge >= 0.3 is 6.18 Å². The van der Waals surface area contributed by atoms with Crippen LogP contribution >= 0.6 is 0 Å². The minimum Gasteiger partial charge on any atom is -0.373 e. The minimum atomic E-state index is -4.35. The van der Waals surface area contributed by atoms with Crippen molar-refractivity contribution in [2.24, 2.45) is 5.92 Å². The van der Waals surface area contributed by atoms with Gasteiger partial charge in [-0.25, -0.2) is 0 Å². The van der Waals surface area contributed by atoms with Crippen molar-refractivity contribution in [2.75, 3.05) is 20.2 Å². The van der Waals surface area contributed by atoms with E-state index in [0.29, 0.717) is 18.7 Å². The van der Waals surface area contributed by atoms with Crippen molar-refractivity contribution in [2.45, 2.75) is 18.7 Å². The number of alkyl halides is 3. The number of carbonyl (C=O) groups is 1. The van der Waals surface area contributed by atoms with E-state index in [4.69, 9.17) is 4.74 Å². The van der Waals surface area contributed by atoms with Crippen molar-refractivity contribution in [3.05, 3.63) is 60.2 Å². The Morgan fingerprint density at radius 1 is 1.38 bits per heavy atom. The standard InChI is InChI=1S/C18H20F3NO2/c1-3-17(23)22-11-10-13(12-22)4-9-16(24-2)14-5-7-15(8-6-14)18(19,20)21/h3-9,13,16H,1,10-12H2,2H3/b9-4-. The summed E-state index contributed by atoms with van der Waals surface area (Å²) in [5.41, 5.74) is -0.0294. The van der Waals surface area contributed by atoms with Crippen LogP contribution in [0.2, 0.25) is 0 Å². The van der Waals surface area contributed by atoms with Crippen molar-refractivity contribution in [1.82, 2.24) is 4.90 Å². The molecule has 1 aromatic rings. The molecular formula is C18H20F3NO2. The molecular weight excluding hydrogens is 319 g/mol. The van der Waals surface area contributed by atoms with Crippen LogP contribution in [0, 0.1) is 5.92 Å². The lowest BCUT2D eigenvalue weighted by Gasteiger charge is -2.15. The second-order valence-electron chi connectivity index (χ2n) is 5.70. The number of ether oxygens (including phenoxy) is 1. The van der Waals surface area contributed by atoms with Gasteiger partial charge in [-0.05, 0) is 36.1 Å². The Labute approximate surface area is 139 Å². The molecule has 0 aliphatic carbocycles. The van der Waals surface area contributed by atoms with E-state index in [9.17, 15) is 18.0 Å². The van der Waals surface area contributed by atoms with Crippen LogP contribution in [0.15, 0.2) is 49.1 Å². The quantitative estimate of drug-likeness (QED) is 0.600. The largest absolute Gasteiger partial charge is 0.416 e. The van der Waals surface area contributed by atoms with Gasteiger partial charge in [0.25, 0.3) is 0 Å². The number of likely N-dealkylation sites (tertiary alicyclic amines) is 1. The van der Waals surface area contributed by atoms with Crippen LogP contribution in [0.4, 0.5) is 13.2 Å². The molecule has 1 heterocycles. The lowest BCUT2D eigenvalue weighted by atomic mass is 10.0. The van der Waals surface area contributed by atoms with Crippen molar-refractivity contribution in [3.8, 4) is 0 Å². The fourth-order valence-electron chi connectivity index (χ4n) is 2.72. The number of amides is 1. The molecule has 6 heteroatoms. The Bertz CT molecular complexity index is 608.